The summed E-state index contributed by atoms with van der Waals surface area (Å²) in [6, 6.07) is 13.9. The van der Waals surface area contributed by atoms with Crippen molar-refractivity contribution in [3.8, 4) is 17.1 Å². The van der Waals surface area contributed by atoms with Crippen molar-refractivity contribution < 1.29 is 22.4 Å². The molecule has 2 aromatic carbocycles. The molecule has 0 bridgehead atoms. The van der Waals surface area contributed by atoms with Gasteiger partial charge in [-0.3, -0.25) is 0 Å². The molecule has 0 saturated heterocycles. The fraction of sp³-hybridized carbons (Fsp3) is 0.125. The van der Waals surface area contributed by atoms with Crippen LogP contribution < -0.4 is 10.1 Å². The number of aromatic nitrogens is 2. The molecule has 24 heavy (non-hydrogen) atoms. The number of halogens is 3. The number of methoxy groups -OCH3 is 1. The van der Waals surface area contributed by atoms with Crippen LogP contribution in [0.2, 0.25) is 0 Å². The van der Waals surface area contributed by atoms with Crippen LogP contribution in [0.25, 0.3) is 11.4 Å². The van der Waals surface area contributed by atoms with Gasteiger partial charge in [0.1, 0.15) is 5.75 Å². The monoisotopic (exact) mass is 335 g/mol. The van der Waals surface area contributed by atoms with Gasteiger partial charge in [-0.1, -0.05) is 17.3 Å². The zero-order valence-electron chi connectivity index (χ0n) is 12.5. The molecule has 0 aliphatic carbocycles. The number of nitrogens with zero attached hydrogens (tertiary/aromatic N) is 2. The van der Waals surface area contributed by atoms with Crippen LogP contribution in [0, 0.1) is 0 Å². The molecule has 3 aromatic rings. The van der Waals surface area contributed by atoms with Crippen LogP contribution >= 0.6 is 0 Å². The third-order valence-electron chi connectivity index (χ3n) is 3.17. The summed E-state index contributed by atoms with van der Waals surface area (Å²) in [6.07, 6.45) is -4.66. The van der Waals surface area contributed by atoms with Gasteiger partial charge in [-0.15, -0.1) is 0 Å². The van der Waals surface area contributed by atoms with E-state index in [1.807, 2.05) is 12.1 Å². The van der Waals surface area contributed by atoms with Crippen molar-refractivity contribution in [3.05, 3.63) is 54.4 Å². The summed E-state index contributed by atoms with van der Waals surface area (Å²) in [5.41, 5.74) is 1.89. The second-order valence-corrected chi connectivity index (χ2v) is 4.86. The molecule has 1 aromatic heterocycles. The lowest BCUT2D eigenvalue weighted by Crippen LogP contribution is -2.04. The molecular formula is C16H12F3N3O2. The molecule has 3 rings (SSSR count). The maximum absolute atomic E-state index is 12.5. The van der Waals surface area contributed by atoms with E-state index in [9.17, 15) is 13.2 Å². The zero-order valence-corrected chi connectivity index (χ0v) is 12.5. The molecule has 0 fully saturated rings. The smallest absolute Gasteiger partial charge is 0.471 e. The molecule has 0 atom stereocenters. The molecule has 0 radical (unpaired) electrons. The largest absolute Gasteiger partial charge is 0.497 e. The Kier molecular flexibility index (Phi) is 4.11. The van der Waals surface area contributed by atoms with Gasteiger partial charge in [-0.05, 0) is 36.4 Å². The highest BCUT2D eigenvalue weighted by Gasteiger charge is 2.38. The van der Waals surface area contributed by atoms with E-state index in [0.717, 1.165) is 11.4 Å². The molecule has 124 valence electrons. The minimum atomic E-state index is -4.66. The highest BCUT2D eigenvalue weighted by atomic mass is 19.4. The van der Waals surface area contributed by atoms with Crippen molar-refractivity contribution in [3.63, 3.8) is 0 Å². The quantitative estimate of drug-likeness (QED) is 0.760. The minimum Gasteiger partial charge on any atom is -0.497 e. The second-order valence-electron chi connectivity index (χ2n) is 4.86. The normalized spacial score (nSPS) is 11.3. The highest BCUT2D eigenvalue weighted by molar-refractivity contribution is 5.67. The summed E-state index contributed by atoms with van der Waals surface area (Å²) < 4.78 is 46.9. The Hall–Kier alpha value is -3.03. The predicted octanol–water partition coefficient (Wildman–Crippen LogP) is 4.51. The van der Waals surface area contributed by atoms with Gasteiger partial charge in [0, 0.05) is 16.9 Å². The SMILES string of the molecule is COc1ccc(Nc2cccc(-c3noc(C(F)(F)F)n3)c2)cc1. The van der Waals surface area contributed by atoms with Crippen LogP contribution in [-0.4, -0.2) is 17.3 Å². The summed E-state index contributed by atoms with van der Waals surface area (Å²) in [7, 11) is 1.58. The van der Waals surface area contributed by atoms with Crippen molar-refractivity contribution >= 4 is 11.4 Å². The van der Waals surface area contributed by atoms with Gasteiger partial charge >= 0.3 is 12.1 Å². The van der Waals surface area contributed by atoms with E-state index >= 15 is 0 Å². The van der Waals surface area contributed by atoms with Gasteiger partial charge in [-0.2, -0.15) is 18.2 Å². The standard InChI is InChI=1S/C16H12F3N3O2/c1-23-13-7-5-11(6-8-13)20-12-4-2-3-10(9-12)14-21-15(24-22-14)16(17,18)19/h2-9,20H,1H3. The number of benzene rings is 2. The third kappa shape index (κ3) is 3.48. The summed E-state index contributed by atoms with van der Waals surface area (Å²) in [5.74, 6) is -0.771. The number of rotatable bonds is 4. The fourth-order valence-electron chi connectivity index (χ4n) is 2.03. The molecule has 1 N–H and O–H groups in total. The first-order valence-corrected chi connectivity index (χ1v) is 6.88. The van der Waals surface area contributed by atoms with Gasteiger partial charge in [0.25, 0.3) is 0 Å². The summed E-state index contributed by atoms with van der Waals surface area (Å²) in [4.78, 5) is 3.38. The molecule has 5 nitrogen and oxygen atoms in total. The van der Waals surface area contributed by atoms with Crippen molar-refractivity contribution in [2.45, 2.75) is 6.18 Å². The Balaban J connectivity index is 1.82. The van der Waals surface area contributed by atoms with Crippen molar-refractivity contribution in [2.24, 2.45) is 0 Å². The van der Waals surface area contributed by atoms with Crippen LogP contribution in [0.15, 0.2) is 53.1 Å². The van der Waals surface area contributed by atoms with Gasteiger partial charge in [-0.25, -0.2) is 0 Å². The van der Waals surface area contributed by atoms with E-state index in [4.69, 9.17) is 4.74 Å². The van der Waals surface area contributed by atoms with Crippen molar-refractivity contribution in [1.82, 2.24) is 10.1 Å². The highest BCUT2D eigenvalue weighted by Crippen LogP contribution is 2.30. The van der Waals surface area contributed by atoms with Gasteiger partial charge < -0.3 is 14.6 Å². The van der Waals surface area contributed by atoms with E-state index in [1.165, 1.54) is 0 Å². The Morgan fingerprint density at radius 1 is 1.04 bits per heavy atom. The van der Waals surface area contributed by atoms with E-state index < -0.39 is 12.1 Å². The number of hydrogen-bond donors (Lipinski definition) is 1. The molecule has 8 heteroatoms. The Bertz CT molecular complexity index is 829. The number of ether oxygens (including phenoxy) is 1. The molecule has 1 heterocycles. The Morgan fingerprint density at radius 3 is 2.42 bits per heavy atom. The number of hydrogen-bond acceptors (Lipinski definition) is 5. The zero-order chi connectivity index (χ0) is 17.2. The molecule has 0 saturated carbocycles. The van der Waals surface area contributed by atoms with Crippen molar-refractivity contribution in [1.29, 1.82) is 0 Å². The Morgan fingerprint density at radius 2 is 1.79 bits per heavy atom. The molecule has 0 amide bonds. The number of alkyl halides is 3. The minimum absolute atomic E-state index is 0.124. The lowest BCUT2D eigenvalue weighted by atomic mass is 10.2. The average molecular weight is 335 g/mol. The van der Waals surface area contributed by atoms with Crippen LogP contribution in [-0.2, 0) is 6.18 Å². The van der Waals surface area contributed by atoms with E-state index in [0.29, 0.717) is 11.3 Å². The predicted molar refractivity (Wildman–Crippen MR) is 81.0 cm³/mol. The number of nitrogens with one attached hydrogen (secondary N) is 1. The maximum Gasteiger partial charge on any atom is 0.471 e. The van der Waals surface area contributed by atoms with Crippen molar-refractivity contribution in [2.75, 3.05) is 12.4 Å². The van der Waals surface area contributed by atoms with Crippen LogP contribution in [0.5, 0.6) is 5.75 Å². The molecule has 0 unspecified atom stereocenters. The topological polar surface area (TPSA) is 60.2 Å². The molecular weight excluding hydrogens is 323 g/mol. The molecule has 0 aliphatic heterocycles. The molecule has 0 spiro atoms. The third-order valence-corrected chi connectivity index (χ3v) is 3.17. The lowest BCUT2D eigenvalue weighted by Gasteiger charge is -2.08. The molecule has 0 aliphatic rings. The van der Waals surface area contributed by atoms with Crippen LogP contribution in [0.4, 0.5) is 24.5 Å². The van der Waals surface area contributed by atoms with Gasteiger partial charge in [0.15, 0.2) is 0 Å². The fourth-order valence-corrected chi connectivity index (χ4v) is 2.03. The Labute approximate surface area is 135 Å². The number of anilines is 2. The first kappa shape index (κ1) is 15.9. The summed E-state index contributed by atoms with van der Waals surface area (Å²) in [5, 5.41) is 6.51. The summed E-state index contributed by atoms with van der Waals surface area (Å²) >= 11 is 0. The average Bonchev–Trinajstić information content (AvgIpc) is 3.06. The first-order chi connectivity index (χ1) is 11.5. The van der Waals surface area contributed by atoms with E-state index in [2.05, 4.69) is 20.0 Å². The van der Waals surface area contributed by atoms with E-state index in [1.54, 1.807) is 43.5 Å². The second kappa shape index (κ2) is 6.23. The summed E-state index contributed by atoms with van der Waals surface area (Å²) in [6.45, 7) is 0. The van der Waals surface area contributed by atoms with Gasteiger partial charge in [0.2, 0.25) is 5.82 Å². The van der Waals surface area contributed by atoms with E-state index in [-0.39, 0.29) is 5.82 Å². The first-order valence-electron chi connectivity index (χ1n) is 6.88. The van der Waals surface area contributed by atoms with Gasteiger partial charge in [0.05, 0.1) is 7.11 Å². The lowest BCUT2D eigenvalue weighted by molar-refractivity contribution is -0.159. The maximum atomic E-state index is 12.5. The van der Waals surface area contributed by atoms with Crippen LogP contribution in [0.3, 0.4) is 0 Å². The van der Waals surface area contributed by atoms with Crippen LogP contribution in [0.1, 0.15) is 5.89 Å².